The maximum Gasteiger partial charge on any atom is 0.190 e. The van der Waals surface area contributed by atoms with Crippen molar-refractivity contribution in [1.29, 1.82) is 0 Å². The van der Waals surface area contributed by atoms with Crippen molar-refractivity contribution in [3.63, 3.8) is 0 Å². The minimum Gasteiger partial charge on any atom is -0.381 e. The van der Waals surface area contributed by atoms with Crippen LogP contribution in [0.15, 0.2) is 5.51 Å². The highest BCUT2D eigenvalue weighted by molar-refractivity contribution is 7.09. The third kappa shape index (κ3) is 2.13. The summed E-state index contributed by atoms with van der Waals surface area (Å²) in [7, 11) is 0. The third-order valence-corrected chi connectivity index (χ3v) is 1.35. The van der Waals surface area contributed by atoms with Crippen LogP contribution >= 0.6 is 11.3 Å². The second-order valence-corrected chi connectivity index (χ2v) is 2.52. The Labute approximate surface area is 62.7 Å². The lowest BCUT2D eigenvalue weighted by Gasteiger charge is -1.84. The molecule has 0 radical (unpaired) electrons. The molecule has 52 valence electrons. The first kappa shape index (κ1) is 7.19. The monoisotopic (exact) mass is 154 g/mol. The molecule has 1 unspecified atom stereocenters. The Morgan fingerprint density at radius 3 is 3.10 bits per heavy atom. The molecule has 0 aromatic carbocycles. The molecule has 0 spiro atoms. The standard InChI is InChI=1S/C6H6N2OS/c1-5(9)2-3-6-8-7-4-10-6/h4-5,9H,1H3. The van der Waals surface area contributed by atoms with Crippen molar-refractivity contribution < 1.29 is 5.11 Å². The summed E-state index contributed by atoms with van der Waals surface area (Å²) in [6.07, 6.45) is -0.594. The van der Waals surface area contributed by atoms with Crippen LogP contribution in [-0.4, -0.2) is 21.4 Å². The van der Waals surface area contributed by atoms with Crippen molar-refractivity contribution in [2.24, 2.45) is 0 Å². The highest BCUT2D eigenvalue weighted by atomic mass is 32.1. The van der Waals surface area contributed by atoms with E-state index in [1.54, 1.807) is 12.4 Å². The number of hydrogen-bond donors (Lipinski definition) is 1. The third-order valence-electron chi connectivity index (χ3n) is 0.748. The van der Waals surface area contributed by atoms with Crippen molar-refractivity contribution in [2.45, 2.75) is 13.0 Å². The lowest BCUT2D eigenvalue weighted by atomic mass is 10.4. The van der Waals surface area contributed by atoms with Gasteiger partial charge in [0.1, 0.15) is 11.6 Å². The molecule has 4 heteroatoms. The summed E-state index contributed by atoms with van der Waals surface area (Å²) in [5.74, 6) is 5.23. The molecule has 1 aromatic rings. The van der Waals surface area contributed by atoms with E-state index < -0.39 is 6.10 Å². The van der Waals surface area contributed by atoms with Crippen molar-refractivity contribution in [3.8, 4) is 11.8 Å². The van der Waals surface area contributed by atoms with Crippen LogP contribution in [0.5, 0.6) is 0 Å². The van der Waals surface area contributed by atoms with Crippen LogP contribution in [0.1, 0.15) is 11.9 Å². The molecule has 0 amide bonds. The van der Waals surface area contributed by atoms with Crippen molar-refractivity contribution in [2.75, 3.05) is 0 Å². The van der Waals surface area contributed by atoms with Gasteiger partial charge in [-0.15, -0.1) is 10.2 Å². The summed E-state index contributed by atoms with van der Waals surface area (Å²) >= 11 is 1.36. The zero-order valence-corrected chi connectivity index (χ0v) is 6.22. The molecule has 1 atom stereocenters. The zero-order valence-electron chi connectivity index (χ0n) is 5.40. The summed E-state index contributed by atoms with van der Waals surface area (Å²) in [6.45, 7) is 1.61. The first-order chi connectivity index (χ1) is 4.79. The van der Waals surface area contributed by atoms with Gasteiger partial charge in [0.05, 0.1) is 0 Å². The molecule has 3 nitrogen and oxygen atoms in total. The topological polar surface area (TPSA) is 46.0 Å². The Bertz CT molecular complexity index is 244. The van der Waals surface area contributed by atoms with Crippen LogP contribution in [-0.2, 0) is 0 Å². The molecule has 1 rings (SSSR count). The average Bonchev–Trinajstić information content (AvgIpc) is 2.34. The molecule has 1 heterocycles. The molecule has 0 aliphatic carbocycles. The van der Waals surface area contributed by atoms with Crippen LogP contribution in [0.3, 0.4) is 0 Å². The lowest BCUT2D eigenvalue weighted by Crippen LogP contribution is -1.92. The second-order valence-electron chi connectivity index (χ2n) is 1.69. The summed E-state index contributed by atoms with van der Waals surface area (Å²) in [5.41, 5.74) is 1.60. The van der Waals surface area contributed by atoms with E-state index in [4.69, 9.17) is 5.11 Å². The van der Waals surface area contributed by atoms with Gasteiger partial charge in [-0.2, -0.15) is 0 Å². The predicted octanol–water partition coefficient (Wildman–Crippen LogP) is 0.270. The highest BCUT2D eigenvalue weighted by Gasteiger charge is 1.88. The molecule has 0 fully saturated rings. The Morgan fingerprint density at radius 2 is 2.60 bits per heavy atom. The molecule has 1 N–H and O–H groups in total. The van der Waals surface area contributed by atoms with E-state index in [1.807, 2.05) is 0 Å². The van der Waals surface area contributed by atoms with E-state index in [2.05, 4.69) is 22.0 Å². The van der Waals surface area contributed by atoms with Gasteiger partial charge in [-0.05, 0) is 12.8 Å². The van der Waals surface area contributed by atoms with Gasteiger partial charge in [0.2, 0.25) is 0 Å². The van der Waals surface area contributed by atoms with Gasteiger partial charge in [0.15, 0.2) is 5.01 Å². The molecule has 10 heavy (non-hydrogen) atoms. The number of nitrogens with zero attached hydrogens (tertiary/aromatic N) is 2. The first-order valence-corrected chi connectivity index (χ1v) is 3.63. The molecule has 0 aliphatic rings. The molecule has 0 saturated carbocycles. The maximum absolute atomic E-state index is 8.73. The summed E-state index contributed by atoms with van der Waals surface area (Å²) in [5, 5.41) is 16.6. The van der Waals surface area contributed by atoms with Crippen molar-refractivity contribution >= 4 is 11.3 Å². The minimum atomic E-state index is -0.594. The largest absolute Gasteiger partial charge is 0.381 e. The molecule has 1 aromatic heterocycles. The van der Waals surface area contributed by atoms with Crippen LogP contribution in [0, 0.1) is 11.8 Å². The van der Waals surface area contributed by atoms with Gasteiger partial charge in [0.25, 0.3) is 0 Å². The number of aliphatic hydroxyl groups excluding tert-OH is 1. The molecule has 0 saturated heterocycles. The fraction of sp³-hybridized carbons (Fsp3) is 0.333. The summed E-state index contributed by atoms with van der Waals surface area (Å²) < 4.78 is 0. The lowest BCUT2D eigenvalue weighted by molar-refractivity contribution is 0.253. The fourth-order valence-electron chi connectivity index (χ4n) is 0.394. The molecule has 0 bridgehead atoms. The highest BCUT2D eigenvalue weighted by Crippen LogP contribution is 1.97. The Kier molecular flexibility index (Phi) is 2.37. The van der Waals surface area contributed by atoms with Crippen LogP contribution in [0.2, 0.25) is 0 Å². The van der Waals surface area contributed by atoms with E-state index >= 15 is 0 Å². The van der Waals surface area contributed by atoms with E-state index in [0.717, 1.165) is 0 Å². The van der Waals surface area contributed by atoms with Gasteiger partial charge >= 0.3 is 0 Å². The Morgan fingerprint density at radius 1 is 1.80 bits per heavy atom. The van der Waals surface area contributed by atoms with Crippen LogP contribution < -0.4 is 0 Å². The SMILES string of the molecule is CC(O)C#Cc1nncs1. The summed E-state index contributed by atoms with van der Waals surface area (Å²) in [6, 6.07) is 0. The molecule has 0 aliphatic heterocycles. The van der Waals surface area contributed by atoms with E-state index in [9.17, 15) is 0 Å². The van der Waals surface area contributed by atoms with Gasteiger partial charge in [0, 0.05) is 0 Å². The number of hydrogen-bond acceptors (Lipinski definition) is 4. The fourth-order valence-corrected chi connectivity index (χ4v) is 0.800. The molecular weight excluding hydrogens is 148 g/mol. The van der Waals surface area contributed by atoms with Crippen LogP contribution in [0.4, 0.5) is 0 Å². The quantitative estimate of drug-likeness (QED) is 0.545. The number of rotatable bonds is 0. The van der Waals surface area contributed by atoms with Gasteiger partial charge in [-0.1, -0.05) is 17.3 Å². The average molecular weight is 154 g/mol. The Balaban J connectivity index is 2.66. The zero-order chi connectivity index (χ0) is 7.40. The van der Waals surface area contributed by atoms with Crippen molar-refractivity contribution in [1.82, 2.24) is 10.2 Å². The van der Waals surface area contributed by atoms with Crippen LogP contribution in [0.25, 0.3) is 0 Å². The Hall–Kier alpha value is -0.920. The minimum absolute atomic E-state index is 0.594. The van der Waals surface area contributed by atoms with E-state index in [0.29, 0.717) is 5.01 Å². The van der Waals surface area contributed by atoms with Gasteiger partial charge in [-0.25, -0.2) is 0 Å². The summed E-state index contributed by atoms with van der Waals surface area (Å²) in [4.78, 5) is 0. The first-order valence-electron chi connectivity index (χ1n) is 2.75. The smallest absolute Gasteiger partial charge is 0.190 e. The predicted molar refractivity (Wildman–Crippen MR) is 38.5 cm³/mol. The van der Waals surface area contributed by atoms with E-state index in [1.165, 1.54) is 11.3 Å². The van der Waals surface area contributed by atoms with Gasteiger partial charge < -0.3 is 5.11 Å². The van der Waals surface area contributed by atoms with Gasteiger partial charge in [-0.3, -0.25) is 0 Å². The number of aromatic nitrogens is 2. The second kappa shape index (κ2) is 3.30. The molecular formula is C6H6N2OS. The van der Waals surface area contributed by atoms with E-state index in [-0.39, 0.29) is 0 Å². The number of aliphatic hydroxyl groups is 1. The normalized spacial score (nSPS) is 11.8. The maximum atomic E-state index is 8.73. The van der Waals surface area contributed by atoms with Crippen molar-refractivity contribution in [3.05, 3.63) is 10.5 Å².